The van der Waals surface area contributed by atoms with E-state index in [0.717, 1.165) is 11.3 Å². The van der Waals surface area contributed by atoms with E-state index in [4.69, 9.17) is 27.9 Å². The summed E-state index contributed by atoms with van der Waals surface area (Å²) in [6.07, 6.45) is 1.68. The van der Waals surface area contributed by atoms with Crippen LogP contribution in [0.15, 0.2) is 43.0 Å². The van der Waals surface area contributed by atoms with Crippen molar-refractivity contribution in [3.63, 3.8) is 0 Å². The maximum absolute atomic E-state index is 11.7. The molecule has 0 aliphatic heterocycles. The fourth-order valence-electron chi connectivity index (χ4n) is 1.95. The number of allylic oxidation sites excluding steroid dienone is 2. The molecule has 0 atom stereocenters. The van der Waals surface area contributed by atoms with Crippen molar-refractivity contribution in [2.75, 3.05) is 6.61 Å². The maximum atomic E-state index is 11.7. The average Bonchev–Trinajstić information content (AvgIpc) is 2.90. The minimum atomic E-state index is -0.477. The van der Waals surface area contributed by atoms with Gasteiger partial charge in [0.1, 0.15) is 5.16 Å². The van der Waals surface area contributed by atoms with Crippen molar-refractivity contribution in [1.82, 2.24) is 9.78 Å². The number of nitrogens with zero attached hydrogens (tertiary/aromatic N) is 2. The van der Waals surface area contributed by atoms with Gasteiger partial charge in [0.2, 0.25) is 0 Å². The van der Waals surface area contributed by atoms with Gasteiger partial charge in [-0.1, -0.05) is 41.9 Å². The van der Waals surface area contributed by atoms with Crippen LogP contribution in [-0.4, -0.2) is 22.4 Å². The number of hydrogen-bond donors (Lipinski definition) is 0. The number of esters is 1. The molecule has 0 N–H and O–H groups in total. The van der Waals surface area contributed by atoms with Gasteiger partial charge >= 0.3 is 5.97 Å². The van der Waals surface area contributed by atoms with E-state index >= 15 is 0 Å². The highest BCUT2D eigenvalue weighted by atomic mass is 35.5. The third-order valence-corrected chi connectivity index (χ3v) is 3.60. The van der Waals surface area contributed by atoms with Crippen molar-refractivity contribution in [2.45, 2.75) is 13.8 Å². The Labute approximate surface area is 145 Å². The SMILES string of the molecule is C=C(/C=C(/Cl)n1nc(C(=O)OCC)cc1C)c1ccc(Cl)cc1. The summed E-state index contributed by atoms with van der Waals surface area (Å²) in [6, 6.07) is 8.89. The standard InChI is InChI=1S/C17H16Cl2N2O2/c1-4-23-17(22)15-10-12(3)21(20-15)16(19)9-11(2)13-5-7-14(18)8-6-13/h5-10H,2,4H2,1,3H3/b16-9-. The first-order valence-electron chi connectivity index (χ1n) is 6.98. The van der Waals surface area contributed by atoms with Crippen molar-refractivity contribution in [3.05, 3.63) is 65.0 Å². The average molecular weight is 351 g/mol. The van der Waals surface area contributed by atoms with Gasteiger partial charge in [0.15, 0.2) is 5.69 Å². The number of hydrogen-bond acceptors (Lipinski definition) is 3. The summed E-state index contributed by atoms with van der Waals surface area (Å²) in [5.41, 5.74) is 2.54. The Bertz CT molecular complexity index is 761. The van der Waals surface area contributed by atoms with Crippen LogP contribution in [0.5, 0.6) is 0 Å². The molecule has 2 rings (SSSR count). The number of rotatable bonds is 5. The van der Waals surface area contributed by atoms with Gasteiger partial charge in [0.25, 0.3) is 0 Å². The second-order valence-corrected chi connectivity index (χ2v) is 5.63. The topological polar surface area (TPSA) is 44.1 Å². The lowest BCUT2D eigenvalue weighted by Gasteiger charge is -2.05. The molecule has 0 radical (unpaired) electrons. The van der Waals surface area contributed by atoms with Gasteiger partial charge in [-0.25, -0.2) is 9.48 Å². The summed E-state index contributed by atoms with van der Waals surface area (Å²) < 4.78 is 6.40. The summed E-state index contributed by atoms with van der Waals surface area (Å²) in [7, 11) is 0. The van der Waals surface area contributed by atoms with E-state index in [-0.39, 0.29) is 5.69 Å². The van der Waals surface area contributed by atoms with E-state index in [9.17, 15) is 4.79 Å². The second kappa shape index (κ2) is 7.49. The molecule has 23 heavy (non-hydrogen) atoms. The predicted octanol–water partition coefficient (Wildman–Crippen LogP) is 4.77. The monoisotopic (exact) mass is 350 g/mol. The smallest absolute Gasteiger partial charge is 0.358 e. The van der Waals surface area contributed by atoms with E-state index in [0.29, 0.717) is 22.4 Å². The van der Waals surface area contributed by atoms with Crippen LogP contribution in [0, 0.1) is 6.92 Å². The lowest BCUT2D eigenvalue weighted by molar-refractivity contribution is 0.0519. The van der Waals surface area contributed by atoms with Crippen LogP contribution < -0.4 is 0 Å². The van der Waals surface area contributed by atoms with E-state index in [1.165, 1.54) is 4.68 Å². The summed E-state index contributed by atoms with van der Waals surface area (Å²) >= 11 is 12.2. The third-order valence-electron chi connectivity index (χ3n) is 3.08. The fraction of sp³-hybridized carbons (Fsp3) is 0.176. The van der Waals surface area contributed by atoms with Crippen LogP contribution in [0.2, 0.25) is 5.02 Å². The highest BCUT2D eigenvalue weighted by Gasteiger charge is 2.14. The second-order valence-electron chi connectivity index (χ2n) is 4.80. The fourth-order valence-corrected chi connectivity index (χ4v) is 2.38. The Morgan fingerprint density at radius 3 is 2.65 bits per heavy atom. The van der Waals surface area contributed by atoms with Crippen molar-refractivity contribution in [1.29, 1.82) is 0 Å². The number of halogens is 2. The molecule has 0 aliphatic carbocycles. The van der Waals surface area contributed by atoms with Crippen LogP contribution in [0.1, 0.15) is 28.7 Å². The molecule has 0 spiro atoms. The van der Waals surface area contributed by atoms with Crippen LogP contribution in [-0.2, 0) is 4.74 Å². The van der Waals surface area contributed by atoms with Gasteiger partial charge in [0, 0.05) is 10.7 Å². The molecule has 4 nitrogen and oxygen atoms in total. The molecular formula is C17H16Cl2N2O2. The van der Waals surface area contributed by atoms with Gasteiger partial charge in [-0.2, -0.15) is 5.10 Å². The van der Waals surface area contributed by atoms with Crippen molar-refractivity contribution in [2.24, 2.45) is 0 Å². The predicted molar refractivity (Wildman–Crippen MR) is 93.5 cm³/mol. The Morgan fingerprint density at radius 2 is 2.04 bits per heavy atom. The van der Waals surface area contributed by atoms with Crippen LogP contribution >= 0.6 is 23.2 Å². The summed E-state index contributed by atoms with van der Waals surface area (Å²) in [6.45, 7) is 7.82. The highest BCUT2D eigenvalue weighted by Crippen LogP contribution is 2.22. The Balaban J connectivity index is 2.25. The van der Waals surface area contributed by atoms with E-state index in [1.807, 2.05) is 12.1 Å². The van der Waals surface area contributed by atoms with Crippen LogP contribution in [0.25, 0.3) is 10.7 Å². The normalized spacial score (nSPS) is 11.4. The lowest BCUT2D eigenvalue weighted by Crippen LogP contribution is -2.06. The molecule has 0 saturated heterocycles. The molecule has 0 aliphatic rings. The number of ether oxygens (including phenoxy) is 1. The Hall–Kier alpha value is -2.04. The van der Waals surface area contributed by atoms with Gasteiger partial charge in [-0.15, -0.1) is 0 Å². The number of carbonyl (C=O) groups excluding carboxylic acids is 1. The Morgan fingerprint density at radius 1 is 1.39 bits per heavy atom. The molecule has 0 saturated carbocycles. The maximum Gasteiger partial charge on any atom is 0.358 e. The molecule has 120 valence electrons. The summed E-state index contributed by atoms with van der Waals surface area (Å²) in [5.74, 6) is -0.477. The van der Waals surface area contributed by atoms with E-state index in [2.05, 4.69) is 11.7 Å². The zero-order valence-corrected chi connectivity index (χ0v) is 14.4. The molecule has 2 aromatic rings. The number of aromatic nitrogens is 2. The van der Waals surface area contributed by atoms with Crippen molar-refractivity contribution >= 4 is 39.9 Å². The van der Waals surface area contributed by atoms with Gasteiger partial charge in [-0.05, 0) is 49.3 Å². The molecule has 1 aromatic heterocycles. The number of benzene rings is 1. The van der Waals surface area contributed by atoms with E-state index in [1.54, 1.807) is 38.1 Å². The van der Waals surface area contributed by atoms with Crippen molar-refractivity contribution < 1.29 is 9.53 Å². The zero-order valence-electron chi connectivity index (χ0n) is 12.8. The van der Waals surface area contributed by atoms with Gasteiger partial charge in [-0.3, -0.25) is 0 Å². The highest BCUT2D eigenvalue weighted by molar-refractivity contribution is 6.45. The summed E-state index contributed by atoms with van der Waals surface area (Å²) in [5, 5.41) is 5.15. The molecule has 0 fully saturated rings. The minimum absolute atomic E-state index is 0.216. The first-order valence-corrected chi connectivity index (χ1v) is 7.74. The largest absolute Gasteiger partial charge is 0.461 e. The first-order chi connectivity index (χ1) is 10.9. The number of carbonyl (C=O) groups is 1. The van der Waals surface area contributed by atoms with Gasteiger partial charge in [0.05, 0.1) is 6.61 Å². The number of aryl methyl sites for hydroxylation is 1. The van der Waals surface area contributed by atoms with Gasteiger partial charge < -0.3 is 4.74 Å². The zero-order chi connectivity index (χ0) is 17.0. The summed E-state index contributed by atoms with van der Waals surface area (Å²) in [4.78, 5) is 11.7. The van der Waals surface area contributed by atoms with Crippen molar-refractivity contribution in [3.8, 4) is 0 Å². The van der Waals surface area contributed by atoms with E-state index < -0.39 is 5.97 Å². The quantitative estimate of drug-likeness (QED) is 0.576. The molecule has 0 bridgehead atoms. The molecule has 6 heteroatoms. The Kier molecular flexibility index (Phi) is 5.64. The molecule has 1 aromatic carbocycles. The van der Waals surface area contributed by atoms with Crippen LogP contribution in [0.3, 0.4) is 0 Å². The molecule has 1 heterocycles. The minimum Gasteiger partial charge on any atom is -0.461 e. The molecule has 0 amide bonds. The lowest BCUT2D eigenvalue weighted by atomic mass is 10.1. The first kappa shape index (κ1) is 17.3. The molecule has 0 unspecified atom stereocenters. The third kappa shape index (κ3) is 4.24. The van der Waals surface area contributed by atoms with Crippen LogP contribution in [0.4, 0.5) is 0 Å². The molecular weight excluding hydrogens is 335 g/mol.